The Kier molecular flexibility index (Phi) is 5.18. The third-order valence-electron chi connectivity index (χ3n) is 4.92. The number of nitrogens with one attached hydrogen (secondary N) is 2. The molecule has 0 bridgehead atoms. The summed E-state index contributed by atoms with van der Waals surface area (Å²) in [5.41, 5.74) is 4.74. The van der Waals surface area contributed by atoms with Gasteiger partial charge in [-0.25, -0.2) is 4.98 Å². The molecular weight excluding hydrogens is 314 g/mol. The third-order valence-corrected chi connectivity index (χ3v) is 4.92. The molecule has 3 rings (SSSR count). The van der Waals surface area contributed by atoms with Crippen LogP contribution in [0, 0.1) is 6.92 Å². The maximum Gasteiger partial charge on any atom is 0.243 e. The van der Waals surface area contributed by atoms with Crippen LogP contribution in [0.3, 0.4) is 0 Å². The number of carbonyl (C=O) groups is 1. The number of hydrogen-bond acceptors (Lipinski definition) is 4. The van der Waals surface area contributed by atoms with E-state index < -0.39 is 0 Å². The Morgan fingerprint density at radius 3 is 2.92 bits per heavy atom. The first-order chi connectivity index (χ1) is 12.0. The predicted octanol–water partition coefficient (Wildman–Crippen LogP) is 2.23. The summed E-state index contributed by atoms with van der Waals surface area (Å²) in [6.07, 6.45) is 6.57. The summed E-state index contributed by atoms with van der Waals surface area (Å²) in [6.45, 7) is 10.5. The van der Waals surface area contributed by atoms with E-state index >= 15 is 0 Å². The average molecular weight is 341 g/mol. The molecule has 1 atom stereocenters. The van der Waals surface area contributed by atoms with Crippen LogP contribution in [-0.4, -0.2) is 27.0 Å². The van der Waals surface area contributed by atoms with Crippen LogP contribution >= 0.6 is 0 Å². The van der Waals surface area contributed by atoms with Gasteiger partial charge >= 0.3 is 0 Å². The zero-order valence-electron chi connectivity index (χ0n) is 15.5. The number of fused-ring (bicyclic) bond motifs is 1. The van der Waals surface area contributed by atoms with E-state index in [1.54, 1.807) is 6.20 Å². The lowest BCUT2D eigenvalue weighted by molar-refractivity contribution is -0.124. The highest BCUT2D eigenvalue weighted by Gasteiger charge is 2.21. The van der Waals surface area contributed by atoms with E-state index in [4.69, 9.17) is 0 Å². The lowest BCUT2D eigenvalue weighted by Gasteiger charge is -2.22. The number of aromatic nitrogens is 3. The molecule has 0 fully saturated rings. The molecule has 0 aromatic carbocycles. The van der Waals surface area contributed by atoms with Crippen LogP contribution in [0.25, 0.3) is 0 Å². The Bertz CT molecular complexity index is 765. The van der Waals surface area contributed by atoms with Crippen molar-refractivity contribution in [1.29, 1.82) is 0 Å². The van der Waals surface area contributed by atoms with Gasteiger partial charge in [0.15, 0.2) is 0 Å². The molecule has 0 saturated carbocycles. The minimum atomic E-state index is -0.283. The van der Waals surface area contributed by atoms with Crippen molar-refractivity contribution in [3.05, 3.63) is 46.8 Å². The van der Waals surface area contributed by atoms with Crippen molar-refractivity contribution in [2.45, 2.75) is 59.2 Å². The number of nitrogens with zero attached hydrogens (tertiary/aromatic N) is 3. The van der Waals surface area contributed by atoms with Crippen LogP contribution in [0.1, 0.15) is 60.9 Å². The minimum absolute atomic E-state index is 0.00541. The molecule has 25 heavy (non-hydrogen) atoms. The average Bonchev–Trinajstić information content (AvgIpc) is 3.10. The van der Waals surface area contributed by atoms with Gasteiger partial charge in [0.25, 0.3) is 0 Å². The van der Waals surface area contributed by atoms with E-state index in [1.165, 1.54) is 11.1 Å². The van der Waals surface area contributed by atoms with Gasteiger partial charge in [-0.15, -0.1) is 0 Å². The molecule has 0 saturated heterocycles. The van der Waals surface area contributed by atoms with Gasteiger partial charge in [0.05, 0.1) is 0 Å². The third kappa shape index (κ3) is 3.58. The summed E-state index contributed by atoms with van der Waals surface area (Å²) in [7, 11) is 0. The van der Waals surface area contributed by atoms with Crippen LogP contribution in [0.2, 0.25) is 0 Å². The standard InChI is InChI=1S/C19H27N5O/c1-12(2)18-21-7-8-24(18)14(4)19(25)23-11-17-13(3)22-10-15-9-20-6-5-16(15)17/h7-8,10,12,14,20H,5-6,9,11H2,1-4H3,(H,23,25)/t14-/m0/s1. The minimum Gasteiger partial charge on any atom is -0.350 e. The first-order valence-corrected chi connectivity index (χ1v) is 8.96. The molecule has 1 aliphatic heterocycles. The Labute approximate surface area is 149 Å². The van der Waals surface area contributed by atoms with Gasteiger partial charge in [-0.1, -0.05) is 13.8 Å². The van der Waals surface area contributed by atoms with E-state index in [0.29, 0.717) is 6.54 Å². The molecule has 0 spiro atoms. The predicted molar refractivity (Wildman–Crippen MR) is 97.3 cm³/mol. The second-order valence-corrected chi connectivity index (χ2v) is 6.99. The zero-order chi connectivity index (χ0) is 18.0. The van der Waals surface area contributed by atoms with Gasteiger partial charge in [0.1, 0.15) is 11.9 Å². The van der Waals surface area contributed by atoms with Crippen LogP contribution in [0.5, 0.6) is 0 Å². The summed E-state index contributed by atoms with van der Waals surface area (Å²) in [4.78, 5) is 21.5. The van der Waals surface area contributed by atoms with Crippen molar-refractivity contribution >= 4 is 5.91 Å². The highest BCUT2D eigenvalue weighted by Crippen LogP contribution is 2.21. The second-order valence-electron chi connectivity index (χ2n) is 6.99. The molecule has 0 radical (unpaired) electrons. The molecular formula is C19H27N5O. The van der Waals surface area contributed by atoms with E-state index in [0.717, 1.165) is 36.6 Å². The molecule has 0 unspecified atom stereocenters. The van der Waals surface area contributed by atoms with Crippen molar-refractivity contribution in [2.24, 2.45) is 0 Å². The summed E-state index contributed by atoms with van der Waals surface area (Å²) < 4.78 is 1.95. The molecule has 3 heterocycles. The Morgan fingerprint density at radius 2 is 2.16 bits per heavy atom. The highest BCUT2D eigenvalue weighted by atomic mass is 16.2. The maximum absolute atomic E-state index is 12.7. The topological polar surface area (TPSA) is 71.8 Å². The van der Waals surface area contributed by atoms with Crippen molar-refractivity contribution in [3.63, 3.8) is 0 Å². The molecule has 6 nitrogen and oxygen atoms in total. The molecule has 2 aromatic rings. The largest absolute Gasteiger partial charge is 0.350 e. The molecule has 1 amide bonds. The van der Waals surface area contributed by atoms with Gasteiger partial charge in [0.2, 0.25) is 5.91 Å². The Hall–Kier alpha value is -2.21. The van der Waals surface area contributed by atoms with Gasteiger partial charge in [-0.3, -0.25) is 9.78 Å². The molecule has 6 heteroatoms. The number of amides is 1. The lowest BCUT2D eigenvalue weighted by Crippen LogP contribution is -2.33. The van der Waals surface area contributed by atoms with E-state index in [9.17, 15) is 4.79 Å². The number of carbonyl (C=O) groups excluding carboxylic acids is 1. The quantitative estimate of drug-likeness (QED) is 0.875. The molecule has 2 N–H and O–H groups in total. The SMILES string of the molecule is Cc1ncc2c(c1CNC(=O)[C@H](C)n1ccnc1C(C)C)CCNC2. The smallest absolute Gasteiger partial charge is 0.243 e. The van der Waals surface area contributed by atoms with Gasteiger partial charge in [-0.2, -0.15) is 0 Å². The Balaban J connectivity index is 1.73. The van der Waals surface area contributed by atoms with E-state index in [-0.39, 0.29) is 17.9 Å². The van der Waals surface area contributed by atoms with E-state index in [1.807, 2.05) is 30.8 Å². The summed E-state index contributed by atoms with van der Waals surface area (Å²) >= 11 is 0. The highest BCUT2D eigenvalue weighted by molar-refractivity contribution is 5.80. The van der Waals surface area contributed by atoms with Gasteiger partial charge in [-0.05, 0) is 43.5 Å². The second kappa shape index (κ2) is 7.35. The molecule has 1 aliphatic rings. The van der Waals surface area contributed by atoms with E-state index in [2.05, 4.69) is 34.4 Å². The molecule has 0 aliphatic carbocycles. The van der Waals surface area contributed by atoms with Crippen LogP contribution in [0.15, 0.2) is 18.6 Å². The molecule has 2 aromatic heterocycles. The summed E-state index contributed by atoms with van der Waals surface area (Å²) in [5.74, 6) is 1.22. The van der Waals surface area contributed by atoms with Crippen LogP contribution in [0.4, 0.5) is 0 Å². The van der Waals surface area contributed by atoms with Gasteiger partial charge < -0.3 is 15.2 Å². The first-order valence-electron chi connectivity index (χ1n) is 8.96. The fourth-order valence-corrected chi connectivity index (χ4v) is 3.43. The zero-order valence-corrected chi connectivity index (χ0v) is 15.5. The van der Waals surface area contributed by atoms with Crippen LogP contribution < -0.4 is 10.6 Å². The number of imidazole rings is 1. The summed E-state index contributed by atoms with van der Waals surface area (Å²) in [5, 5.41) is 6.46. The lowest BCUT2D eigenvalue weighted by atomic mass is 9.96. The first kappa shape index (κ1) is 17.6. The van der Waals surface area contributed by atoms with Crippen molar-refractivity contribution in [1.82, 2.24) is 25.2 Å². The summed E-state index contributed by atoms with van der Waals surface area (Å²) in [6, 6.07) is -0.283. The fraction of sp³-hybridized carbons (Fsp3) is 0.526. The van der Waals surface area contributed by atoms with Gasteiger partial charge in [0, 0.05) is 43.3 Å². The fourth-order valence-electron chi connectivity index (χ4n) is 3.43. The van der Waals surface area contributed by atoms with Crippen LogP contribution in [-0.2, 0) is 24.3 Å². The number of rotatable bonds is 5. The normalized spacial score (nSPS) is 15.1. The Morgan fingerprint density at radius 1 is 1.36 bits per heavy atom. The molecule has 134 valence electrons. The monoisotopic (exact) mass is 341 g/mol. The van der Waals surface area contributed by atoms with Crippen molar-refractivity contribution < 1.29 is 4.79 Å². The van der Waals surface area contributed by atoms with Crippen molar-refractivity contribution in [2.75, 3.05) is 6.54 Å². The number of pyridine rings is 1. The maximum atomic E-state index is 12.7. The van der Waals surface area contributed by atoms with Crippen molar-refractivity contribution in [3.8, 4) is 0 Å². The number of hydrogen-bond donors (Lipinski definition) is 2. The number of aryl methyl sites for hydroxylation is 1.